The molecule has 2 N–H and O–H groups in total. The van der Waals surface area contributed by atoms with Gasteiger partial charge in [0, 0.05) is 23.4 Å². The Labute approximate surface area is 101 Å². The second-order valence-electron chi connectivity index (χ2n) is 3.71. The van der Waals surface area contributed by atoms with Crippen molar-refractivity contribution in [3.63, 3.8) is 0 Å². The summed E-state index contributed by atoms with van der Waals surface area (Å²) < 4.78 is 0. The van der Waals surface area contributed by atoms with E-state index in [0.29, 0.717) is 12.3 Å². The average Bonchev–Trinajstić information content (AvgIpc) is 2.38. The third kappa shape index (κ3) is 2.79. The van der Waals surface area contributed by atoms with Crippen LogP contribution in [0.3, 0.4) is 0 Å². The Balaban J connectivity index is 2.08. The van der Waals surface area contributed by atoms with E-state index in [4.69, 9.17) is 6.42 Å². The van der Waals surface area contributed by atoms with Gasteiger partial charge < -0.3 is 10.4 Å². The molecule has 0 atom stereocenters. The van der Waals surface area contributed by atoms with Crippen molar-refractivity contribution in [2.45, 2.75) is 6.54 Å². The van der Waals surface area contributed by atoms with E-state index in [9.17, 15) is 5.11 Å². The van der Waals surface area contributed by atoms with Gasteiger partial charge in [-0.25, -0.2) is 0 Å². The molecule has 2 heteroatoms. The van der Waals surface area contributed by atoms with E-state index >= 15 is 0 Å². The minimum Gasteiger partial charge on any atom is -0.508 e. The number of phenolic OH excluding ortho intramolecular Hbond substituents is 1. The molecule has 2 rings (SSSR count). The minimum atomic E-state index is 0.299. The van der Waals surface area contributed by atoms with Crippen molar-refractivity contribution in [3.05, 3.63) is 59.7 Å². The van der Waals surface area contributed by atoms with E-state index in [0.717, 1.165) is 16.8 Å². The zero-order chi connectivity index (χ0) is 12.1. The van der Waals surface area contributed by atoms with E-state index in [1.807, 2.05) is 36.4 Å². The summed E-state index contributed by atoms with van der Waals surface area (Å²) in [4.78, 5) is 0. The van der Waals surface area contributed by atoms with Gasteiger partial charge in [0.25, 0.3) is 0 Å². The molecule has 2 nitrogen and oxygen atoms in total. The largest absolute Gasteiger partial charge is 0.508 e. The molecule has 0 aliphatic carbocycles. The molecule has 0 bridgehead atoms. The van der Waals surface area contributed by atoms with Crippen LogP contribution in [0.4, 0.5) is 5.69 Å². The summed E-state index contributed by atoms with van der Waals surface area (Å²) in [6.07, 6.45) is 5.33. The predicted molar refractivity (Wildman–Crippen MR) is 69.8 cm³/mol. The van der Waals surface area contributed by atoms with Gasteiger partial charge >= 0.3 is 0 Å². The van der Waals surface area contributed by atoms with Crippen LogP contribution in [0.5, 0.6) is 5.75 Å². The van der Waals surface area contributed by atoms with E-state index in [2.05, 4.69) is 11.2 Å². The van der Waals surface area contributed by atoms with Gasteiger partial charge in [0.1, 0.15) is 5.75 Å². The number of hydrogen-bond acceptors (Lipinski definition) is 2. The van der Waals surface area contributed by atoms with Gasteiger partial charge in [-0.15, -0.1) is 6.42 Å². The molecule has 0 unspecified atom stereocenters. The van der Waals surface area contributed by atoms with Crippen molar-refractivity contribution in [2.24, 2.45) is 0 Å². The molecule has 84 valence electrons. The molecule has 0 aliphatic heterocycles. The lowest BCUT2D eigenvalue weighted by molar-refractivity contribution is 0.469. The summed E-state index contributed by atoms with van der Waals surface area (Å²) in [5.41, 5.74) is 2.65. The second-order valence-corrected chi connectivity index (χ2v) is 3.71. The van der Waals surface area contributed by atoms with Crippen molar-refractivity contribution in [2.75, 3.05) is 5.32 Å². The van der Waals surface area contributed by atoms with Crippen LogP contribution < -0.4 is 5.32 Å². The van der Waals surface area contributed by atoms with Gasteiger partial charge in [0.05, 0.1) is 0 Å². The van der Waals surface area contributed by atoms with Crippen molar-refractivity contribution in [3.8, 4) is 18.1 Å². The third-order valence-electron chi connectivity index (χ3n) is 2.50. The number of aromatic hydroxyl groups is 1. The molecule has 2 aromatic carbocycles. The van der Waals surface area contributed by atoms with Gasteiger partial charge in [0.15, 0.2) is 0 Å². The van der Waals surface area contributed by atoms with Gasteiger partial charge in [-0.1, -0.05) is 30.2 Å². The second kappa shape index (κ2) is 5.09. The van der Waals surface area contributed by atoms with Crippen LogP contribution in [-0.4, -0.2) is 5.11 Å². The summed E-state index contributed by atoms with van der Waals surface area (Å²) in [7, 11) is 0. The van der Waals surface area contributed by atoms with Gasteiger partial charge in [-0.3, -0.25) is 0 Å². The number of para-hydroxylation sites is 1. The Bertz CT molecular complexity index is 555. The van der Waals surface area contributed by atoms with Gasteiger partial charge in [-0.05, 0) is 24.3 Å². The molecule has 0 spiro atoms. The zero-order valence-electron chi connectivity index (χ0n) is 9.35. The highest BCUT2D eigenvalue weighted by atomic mass is 16.3. The molecule has 0 saturated carbocycles. The van der Waals surface area contributed by atoms with Crippen molar-refractivity contribution >= 4 is 5.69 Å². The first-order chi connectivity index (χ1) is 8.29. The lowest BCUT2D eigenvalue weighted by Gasteiger charge is -2.08. The summed E-state index contributed by atoms with van der Waals surface area (Å²) in [6.45, 7) is 0.570. The molecule has 0 fully saturated rings. The molecule has 0 saturated heterocycles. The lowest BCUT2D eigenvalue weighted by Crippen LogP contribution is -1.99. The van der Waals surface area contributed by atoms with E-state index in [1.54, 1.807) is 12.1 Å². The smallest absolute Gasteiger partial charge is 0.120 e. The maximum Gasteiger partial charge on any atom is 0.120 e. The number of hydrogen-bond donors (Lipinski definition) is 2. The first kappa shape index (κ1) is 11.1. The standard InChI is InChI=1S/C15H13NO/c1-2-12-6-5-8-14(10-12)16-11-13-7-3-4-9-15(13)17/h1,3-10,16-17H,11H2. The summed E-state index contributed by atoms with van der Waals surface area (Å²) >= 11 is 0. The lowest BCUT2D eigenvalue weighted by atomic mass is 10.2. The third-order valence-corrected chi connectivity index (χ3v) is 2.50. The Hall–Kier alpha value is -2.40. The highest BCUT2D eigenvalue weighted by Gasteiger charge is 1.99. The minimum absolute atomic E-state index is 0.299. The van der Waals surface area contributed by atoms with Crippen LogP contribution in [0.1, 0.15) is 11.1 Å². The quantitative estimate of drug-likeness (QED) is 0.784. The molecule has 0 aliphatic rings. The highest BCUT2D eigenvalue weighted by Crippen LogP contribution is 2.18. The molecule has 0 radical (unpaired) electrons. The number of benzene rings is 2. The summed E-state index contributed by atoms with van der Waals surface area (Å²) in [5, 5.41) is 12.8. The highest BCUT2D eigenvalue weighted by molar-refractivity contribution is 5.50. The van der Waals surface area contributed by atoms with Crippen LogP contribution in [-0.2, 0) is 6.54 Å². The Morgan fingerprint density at radius 3 is 2.71 bits per heavy atom. The van der Waals surface area contributed by atoms with Crippen molar-refractivity contribution in [1.82, 2.24) is 0 Å². The molecule has 0 heterocycles. The fraction of sp³-hybridized carbons (Fsp3) is 0.0667. The van der Waals surface area contributed by atoms with Gasteiger partial charge in [0.2, 0.25) is 0 Å². The molecular weight excluding hydrogens is 210 g/mol. The normalized spacial score (nSPS) is 9.59. The molecular formula is C15H13NO. The topological polar surface area (TPSA) is 32.3 Å². The van der Waals surface area contributed by atoms with Gasteiger partial charge in [-0.2, -0.15) is 0 Å². The Morgan fingerprint density at radius 1 is 1.12 bits per heavy atom. The van der Waals surface area contributed by atoms with Crippen LogP contribution in [0.2, 0.25) is 0 Å². The van der Waals surface area contributed by atoms with E-state index < -0.39 is 0 Å². The summed E-state index contributed by atoms with van der Waals surface area (Å²) in [6, 6.07) is 14.9. The molecule has 17 heavy (non-hydrogen) atoms. The number of rotatable bonds is 3. The first-order valence-electron chi connectivity index (χ1n) is 5.37. The van der Waals surface area contributed by atoms with Crippen molar-refractivity contribution < 1.29 is 5.11 Å². The average molecular weight is 223 g/mol. The maximum atomic E-state index is 9.62. The fourth-order valence-corrected chi connectivity index (χ4v) is 1.58. The molecule has 0 amide bonds. The maximum absolute atomic E-state index is 9.62. The Morgan fingerprint density at radius 2 is 1.94 bits per heavy atom. The van der Waals surface area contributed by atoms with Crippen molar-refractivity contribution in [1.29, 1.82) is 0 Å². The SMILES string of the molecule is C#Cc1cccc(NCc2ccccc2O)c1. The first-order valence-corrected chi connectivity index (χ1v) is 5.37. The summed E-state index contributed by atoms with van der Waals surface area (Å²) in [5.74, 6) is 2.89. The van der Waals surface area contributed by atoms with Crippen LogP contribution in [0.15, 0.2) is 48.5 Å². The number of anilines is 1. The fourth-order valence-electron chi connectivity index (χ4n) is 1.58. The number of nitrogens with one attached hydrogen (secondary N) is 1. The van der Waals surface area contributed by atoms with Crippen LogP contribution in [0, 0.1) is 12.3 Å². The predicted octanol–water partition coefficient (Wildman–Crippen LogP) is 2.99. The van der Waals surface area contributed by atoms with Crippen LogP contribution in [0.25, 0.3) is 0 Å². The number of phenols is 1. The van der Waals surface area contributed by atoms with Crippen LogP contribution >= 0.6 is 0 Å². The molecule has 2 aromatic rings. The van der Waals surface area contributed by atoms with E-state index in [-0.39, 0.29) is 0 Å². The Kier molecular flexibility index (Phi) is 3.32. The zero-order valence-corrected chi connectivity index (χ0v) is 9.35. The monoisotopic (exact) mass is 223 g/mol. The molecule has 0 aromatic heterocycles. The van der Waals surface area contributed by atoms with E-state index in [1.165, 1.54) is 0 Å². The number of terminal acetylenes is 1.